The first-order valence-corrected chi connectivity index (χ1v) is 6.96. The van der Waals surface area contributed by atoms with Crippen LogP contribution in [0.3, 0.4) is 0 Å². The van der Waals surface area contributed by atoms with Gasteiger partial charge in [-0.1, -0.05) is 30.3 Å². The fraction of sp³-hybridized carbons (Fsp3) is 0.533. The van der Waals surface area contributed by atoms with E-state index in [-0.39, 0.29) is 6.04 Å². The summed E-state index contributed by atoms with van der Waals surface area (Å²) in [4.78, 5) is 16.0. The second-order valence-corrected chi connectivity index (χ2v) is 5.94. The van der Waals surface area contributed by atoms with Crippen molar-refractivity contribution in [3.05, 3.63) is 35.9 Å². The van der Waals surface area contributed by atoms with Gasteiger partial charge in [-0.15, -0.1) is 0 Å². The van der Waals surface area contributed by atoms with Crippen LogP contribution in [0.2, 0.25) is 0 Å². The van der Waals surface area contributed by atoms with Gasteiger partial charge in [-0.25, -0.2) is 0 Å². The van der Waals surface area contributed by atoms with Gasteiger partial charge in [-0.3, -0.25) is 9.69 Å². The fourth-order valence-corrected chi connectivity index (χ4v) is 2.64. The third kappa shape index (κ3) is 3.36. The molecule has 2 rings (SSSR count). The lowest BCUT2D eigenvalue weighted by Crippen LogP contribution is -2.60. The molecule has 0 radical (unpaired) electrons. The van der Waals surface area contributed by atoms with E-state index in [0.29, 0.717) is 6.54 Å². The van der Waals surface area contributed by atoms with Crippen LogP contribution in [0.25, 0.3) is 0 Å². The molecule has 4 N–H and O–H groups in total. The lowest BCUT2D eigenvalue weighted by atomic mass is 9.97. The monoisotopic (exact) mass is 276 g/mol. The van der Waals surface area contributed by atoms with Gasteiger partial charge < -0.3 is 16.4 Å². The molecule has 0 aliphatic carbocycles. The van der Waals surface area contributed by atoms with Crippen molar-refractivity contribution in [1.82, 2.24) is 9.80 Å². The van der Waals surface area contributed by atoms with Crippen molar-refractivity contribution in [2.45, 2.75) is 18.5 Å². The molecule has 5 nitrogen and oxygen atoms in total. The summed E-state index contributed by atoms with van der Waals surface area (Å²) in [6.45, 7) is 4.97. The second-order valence-electron chi connectivity index (χ2n) is 5.94. The summed E-state index contributed by atoms with van der Waals surface area (Å²) >= 11 is 0. The van der Waals surface area contributed by atoms with Gasteiger partial charge in [0.05, 0.1) is 0 Å². The van der Waals surface area contributed by atoms with Crippen LogP contribution in [0.1, 0.15) is 18.5 Å². The van der Waals surface area contributed by atoms with Crippen LogP contribution in [-0.2, 0) is 4.79 Å². The summed E-state index contributed by atoms with van der Waals surface area (Å²) in [7, 11) is 2.11. The summed E-state index contributed by atoms with van der Waals surface area (Å²) < 4.78 is 0. The van der Waals surface area contributed by atoms with Crippen molar-refractivity contribution < 1.29 is 4.79 Å². The lowest BCUT2D eigenvalue weighted by molar-refractivity contribution is -0.123. The molecular formula is C15H24N4O. The smallest absolute Gasteiger partial charge is 0.238 e. The molecule has 1 fully saturated rings. The highest BCUT2D eigenvalue weighted by Gasteiger charge is 2.34. The molecule has 2 unspecified atom stereocenters. The van der Waals surface area contributed by atoms with Crippen LogP contribution in [-0.4, -0.2) is 54.5 Å². The first-order chi connectivity index (χ1) is 9.40. The van der Waals surface area contributed by atoms with Gasteiger partial charge in [-0.2, -0.15) is 0 Å². The van der Waals surface area contributed by atoms with Crippen LogP contribution >= 0.6 is 0 Å². The van der Waals surface area contributed by atoms with Crippen molar-refractivity contribution in [2.24, 2.45) is 11.5 Å². The number of carbonyl (C=O) groups excluding carboxylic acids is 1. The summed E-state index contributed by atoms with van der Waals surface area (Å²) in [5.74, 6) is -0.455. The highest BCUT2D eigenvalue weighted by molar-refractivity contribution is 5.84. The molecule has 1 aliphatic rings. The quantitative estimate of drug-likeness (QED) is 0.822. The predicted molar refractivity (Wildman–Crippen MR) is 80.0 cm³/mol. The van der Waals surface area contributed by atoms with E-state index in [1.807, 2.05) is 18.2 Å². The minimum Gasteiger partial charge on any atom is -0.368 e. The van der Waals surface area contributed by atoms with Gasteiger partial charge in [0.2, 0.25) is 5.91 Å². The molecule has 110 valence electrons. The van der Waals surface area contributed by atoms with Crippen molar-refractivity contribution in [3.8, 4) is 0 Å². The summed E-state index contributed by atoms with van der Waals surface area (Å²) in [6, 6.07) is 10.6. The van der Waals surface area contributed by atoms with Gasteiger partial charge in [0.1, 0.15) is 5.54 Å². The number of carbonyl (C=O) groups is 1. The van der Waals surface area contributed by atoms with E-state index in [2.05, 4.69) is 29.0 Å². The molecular weight excluding hydrogens is 252 g/mol. The largest absolute Gasteiger partial charge is 0.368 e. The van der Waals surface area contributed by atoms with Gasteiger partial charge in [-0.05, 0) is 19.5 Å². The third-order valence-electron chi connectivity index (χ3n) is 3.97. The highest BCUT2D eigenvalue weighted by Crippen LogP contribution is 2.25. The number of nitrogens with zero attached hydrogens (tertiary/aromatic N) is 2. The topological polar surface area (TPSA) is 75.6 Å². The molecule has 1 aromatic rings. The Labute approximate surface area is 120 Å². The van der Waals surface area contributed by atoms with E-state index >= 15 is 0 Å². The average Bonchev–Trinajstić information content (AvgIpc) is 2.41. The molecule has 1 heterocycles. The molecule has 2 atom stereocenters. The standard InChI is InChI=1S/C15H24N4O/c1-15(17,14(16)20)11-19-9-8-18(2)10-13(19)12-6-4-3-5-7-12/h3-7,13H,8-11,17H2,1-2H3,(H2,16,20). The highest BCUT2D eigenvalue weighted by atomic mass is 16.1. The van der Waals surface area contributed by atoms with Crippen LogP contribution in [0.15, 0.2) is 30.3 Å². The van der Waals surface area contributed by atoms with E-state index in [1.54, 1.807) is 6.92 Å². The minimum atomic E-state index is -0.997. The zero-order chi connectivity index (χ0) is 14.8. The molecule has 0 saturated carbocycles. The zero-order valence-electron chi connectivity index (χ0n) is 12.2. The Hall–Kier alpha value is -1.43. The molecule has 1 amide bonds. The number of hydrogen-bond donors (Lipinski definition) is 2. The van der Waals surface area contributed by atoms with Gasteiger partial charge in [0, 0.05) is 32.2 Å². The third-order valence-corrected chi connectivity index (χ3v) is 3.97. The van der Waals surface area contributed by atoms with E-state index < -0.39 is 11.4 Å². The Morgan fingerprint density at radius 1 is 1.35 bits per heavy atom. The van der Waals surface area contributed by atoms with Gasteiger partial charge in [0.15, 0.2) is 0 Å². The Morgan fingerprint density at radius 3 is 2.60 bits per heavy atom. The number of piperazine rings is 1. The maximum Gasteiger partial charge on any atom is 0.238 e. The van der Waals surface area contributed by atoms with E-state index in [0.717, 1.165) is 19.6 Å². The normalized spacial score (nSPS) is 24.2. The predicted octanol–water partition coefficient (Wildman–Crippen LogP) is 0.178. The van der Waals surface area contributed by atoms with Crippen molar-refractivity contribution in [2.75, 3.05) is 33.2 Å². The first kappa shape index (κ1) is 15.0. The SMILES string of the molecule is CN1CCN(CC(C)(N)C(N)=O)C(c2ccccc2)C1. The maximum atomic E-state index is 11.5. The summed E-state index contributed by atoms with van der Waals surface area (Å²) in [6.07, 6.45) is 0. The lowest BCUT2D eigenvalue weighted by Gasteiger charge is -2.42. The first-order valence-electron chi connectivity index (χ1n) is 6.96. The van der Waals surface area contributed by atoms with E-state index in [1.165, 1.54) is 5.56 Å². The van der Waals surface area contributed by atoms with Crippen LogP contribution in [0.4, 0.5) is 0 Å². The average molecular weight is 276 g/mol. The Balaban J connectivity index is 2.19. The second kappa shape index (κ2) is 5.91. The number of rotatable bonds is 4. The summed E-state index contributed by atoms with van der Waals surface area (Å²) in [5, 5.41) is 0. The molecule has 5 heteroatoms. The molecule has 1 saturated heterocycles. The zero-order valence-corrected chi connectivity index (χ0v) is 12.2. The number of nitrogens with two attached hydrogens (primary N) is 2. The number of benzene rings is 1. The van der Waals surface area contributed by atoms with Crippen LogP contribution < -0.4 is 11.5 Å². The Bertz CT molecular complexity index is 460. The Morgan fingerprint density at radius 2 is 2.00 bits per heavy atom. The van der Waals surface area contributed by atoms with E-state index in [4.69, 9.17) is 11.5 Å². The molecule has 0 bridgehead atoms. The fourth-order valence-electron chi connectivity index (χ4n) is 2.64. The maximum absolute atomic E-state index is 11.5. The van der Waals surface area contributed by atoms with Crippen molar-refractivity contribution in [3.63, 3.8) is 0 Å². The van der Waals surface area contributed by atoms with Crippen molar-refractivity contribution in [1.29, 1.82) is 0 Å². The molecule has 1 aliphatic heterocycles. The molecule has 0 spiro atoms. The number of hydrogen-bond acceptors (Lipinski definition) is 4. The van der Waals surface area contributed by atoms with Crippen LogP contribution in [0.5, 0.6) is 0 Å². The number of likely N-dealkylation sites (N-methyl/N-ethyl adjacent to an activating group) is 1. The van der Waals surface area contributed by atoms with Gasteiger partial charge >= 0.3 is 0 Å². The summed E-state index contributed by atoms with van der Waals surface area (Å²) in [5.41, 5.74) is 11.7. The van der Waals surface area contributed by atoms with Crippen molar-refractivity contribution >= 4 is 5.91 Å². The minimum absolute atomic E-state index is 0.247. The Kier molecular flexibility index (Phi) is 4.42. The number of amides is 1. The molecule has 20 heavy (non-hydrogen) atoms. The van der Waals surface area contributed by atoms with Crippen LogP contribution in [0, 0.1) is 0 Å². The molecule has 0 aromatic heterocycles. The number of primary amides is 1. The van der Waals surface area contributed by atoms with E-state index in [9.17, 15) is 4.79 Å². The molecule has 1 aromatic carbocycles. The van der Waals surface area contributed by atoms with Gasteiger partial charge in [0.25, 0.3) is 0 Å².